The minimum Gasteiger partial charge on any atom is -0.478 e. The van der Waals surface area contributed by atoms with E-state index in [0.29, 0.717) is 12.1 Å². The van der Waals surface area contributed by atoms with Crippen LogP contribution in [0.1, 0.15) is 40.9 Å². The van der Waals surface area contributed by atoms with Gasteiger partial charge in [-0.25, -0.2) is 13.8 Å². The van der Waals surface area contributed by atoms with E-state index in [1.807, 2.05) is 4.90 Å². The van der Waals surface area contributed by atoms with Crippen LogP contribution in [0.4, 0.5) is 22.0 Å². The summed E-state index contributed by atoms with van der Waals surface area (Å²) in [7, 11) is 3.60. The van der Waals surface area contributed by atoms with Gasteiger partial charge in [-0.2, -0.15) is 13.2 Å². The first kappa shape index (κ1) is 25.9. The zero-order valence-electron chi connectivity index (χ0n) is 18.1. The molecule has 0 radical (unpaired) electrons. The number of rotatable bonds is 8. The van der Waals surface area contributed by atoms with Crippen LogP contribution in [-0.2, 0) is 0 Å². The Kier molecular flexibility index (Phi) is 7.81. The van der Waals surface area contributed by atoms with Crippen LogP contribution in [0.3, 0.4) is 0 Å². The average Bonchev–Trinajstić information content (AvgIpc) is 3.13. The number of carbonyl (C=O) groups excluding carboxylic acids is 1. The minimum atomic E-state index is -4.35. The molecule has 0 saturated heterocycles. The first-order valence-corrected chi connectivity index (χ1v) is 10.9. The van der Waals surface area contributed by atoms with E-state index in [9.17, 15) is 26.7 Å². The second-order valence-electron chi connectivity index (χ2n) is 7.87. The summed E-state index contributed by atoms with van der Waals surface area (Å²) in [5, 5.41) is 0. The molecule has 0 spiro atoms. The average molecular weight is 550 g/mol. The number of benzene rings is 1. The maximum Gasteiger partial charge on any atom is 0.395 e. The van der Waals surface area contributed by atoms with Crippen molar-refractivity contribution in [2.75, 3.05) is 20.6 Å². The number of aromatic nitrogens is 1. The zero-order valence-corrected chi connectivity index (χ0v) is 19.7. The van der Waals surface area contributed by atoms with Crippen LogP contribution >= 0.6 is 15.9 Å². The van der Waals surface area contributed by atoms with Crippen molar-refractivity contribution in [3.05, 3.63) is 63.8 Å². The molecule has 2 atom stereocenters. The number of nitrogens with zero attached hydrogens (tertiary/aromatic N) is 2. The van der Waals surface area contributed by atoms with Gasteiger partial charge in [-0.3, -0.25) is 4.79 Å². The molecule has 0 saturated carbocycles. The monoisotopic (exact) mass is 549 g/mol. The molecule has 3 rings (SSSR count). The fraction of sp³-hybridized carbons (Fsp3) is 0.364. The van der Waals surface area contributed by atoms with E-state index in [1.54, 1.807) is 14.1 Å². The highest BCUT2D eigenvalue weighted by Crippen LogP contribution is 2.38. The van der Waals surface area contributed by atoms with Crippen molar-refractivity contribution in [1.82, 2.24) is 9.88 Å². The largest absolute Gasteiger partial charge is 0.478 e. The lowest BCUT2D eigenvalue weighted by Gasteiger charge is -2.19. The van der Waals surface area contributed by atoms with Gasteiger partial charge in [0, 0.05) is 18.5 Å². The molecular formula is C22H21BrF5N3O3. The van der Waals surface area contributed by atoms with Crippen LogP contribution in [0.25, 0.3) is 5.57 Å². The number of alkyl halides is 3. The molecule has 34 heavy (non-hydrogen) atoms. The van der Waals surface area contributed by atoms with E-state index in [-0.39, 0.29) is 29.1 Å². The predicted octanol–water partition coefficient (Wildman–Crippen LogP) is 5.41. The number of carbonyl (C=O) groups is 1. The van der Waals surface area contributed by atoms with Gasteiger partial charge in [-0.15, -0.1) is 0 Å². The van der Waals surface area contributed by atoms with Crippen molar-refractivity contribution in [1.29, 1.82) is 0 Å². The highest BCUT2D eigenvalue weighted by atomic mass is 79.9. The lowest BCUT2D eigenvalue weighted by Crippen LogP contribution is -2.21. The van der Waals surface area contributed by atoms with Crippen LogP contribution in [0.2, 0.25) is 0 Å². The van der Waals surface area contributed by atoms with Crippen molar-refractivity contribution in [2.24, 2.45) is 11.7 Å². The summed E-state index contributed by atoms with van der Waals surface area (Å²) in [6, 6.07) is 1.87. The molecule has 2 aromatic rings. The standard InChI is InChI=1S/C22H21BrF5N3O3/c1-31(2)10-9-15(33-14-8-7-13(24)16(17(14)25)20(29)32)21-30-18(19(23)34-21)11-3-5-12(6-4-11)22(26,27)28/h3-5,7-8,12,15H,6,9-10H2,1-2H3,(H2,29,32). The number of primary amides is 1. The van der Waals surface area contributed by atoms with Crippen molar-refractivity contribution >= 4 is 27.4 Å². The third kappa shape index (κ3) is 5.84. The van der Waals surface area contributed by atoms with Crippen molar-refractivity contribution in [3.63, 3.8) is 0 Å². The number of amides is 1. The number of hydrogen-bond acceptors (Lipinski definition) is 5. The molecule has 6 nitrogen and oxygen atoms in total. The van der Waals surface area contributed by atoms with E-state index in [1.165, 1.54) is 12.2 Å². The summed E-state index contributed by atoms with van der Waals surface area (Å²) < 4.78 is 78.8. The first-order chi connectivity index (χ1) is 15.9. The van der Waals surface area contributed by atoms with Crippen molar-refractivity contribution in [3.8, 4) is 5.75 Å². The number of oxazole rings is 1. The highest BCUT2D eigenvalue weighted by molar-refractivity contribution is 9.10. The normalized spacial score (nSPS) is 17.1. The van der Waals surface area contributed by atoms with E-state index < -0.39 is 47.1 Å². The van der Waals surface area contributed by atoms with E-state index in [2.05, 4.69) is 20.9 Å². The Morgan fingerprint density at radius 2 is 2.06 bits per heavy atom. The van der Waals surface area contributed by atoms with Gasteiger partial charge in [0.15, 0.2) is 22.3 Å². The van der Waals surface area contributed by atoms with Gasteiger partial charge in [0.25, 0.3) is 5.91 Å². The number of ether oxygens (including phenoxy) is 1. The van der Waals surface area contributed by atoms with E-state index in [0.717, 1.165) is 18.2 Å². The Balaban J connectivity index is 1.91. The molecule has 1 aromatic heterocycles. The summed E-state index contributed by atoms with van der Waals surface area (Å²) in [6.45, 7) is 0.460. The zero-order chi connectivity index (χ0) is 25.2. The second kappa shape index (κ2) is 10.3. The van der Waals surface area contributed by atoms with E-state index in [4.69, 9.17) is 14.9 Å². The third-order valence-corrected chi connectivity index (χ3v) is 5.62. The number of halogens is 6. The Bertz CT molecular complexity index is 1130. The van der Waals surface area contributed by atoms with Crippen molar-refractivity contribution in [2.45, 2.75) is 25.1 Å². The maximum absolute atomic E-state index is 14.7. The molecule has 1 aliphatic rings. The molecule has 12 heteroatoms. The molecule has 1 heterocycles. The maximum atomic E-state index is 14.7. The summed E-state index contributed by atoms with van der Waals surface area (Å²) in [4.78, 5) is 17.6. The molecule has 2 unspecified atom stereocenters. The first-order valence-electron chi connectivity index (χ1n) is 10.1. The summed E-state index contributed by atoms with van der Waals surface area (Å²) >= 11 is 3.22. The number of allylic oxidation sites excluding steroid dienone is 4. The Labute approximate surface area is 200 Å². The lowest BCUT2D eigenvalue weighted by atomic mass is 9.95. The molecule has 0 bridgehead atoms. The van der Waals surface area contributed by atoms with Gasteiger partial charge in [0.1, 0.15) is 17.1 Å². The van der Waals surface area contributed by atoms with Crippen LogP contribution < -0.4 is 10.5 Å². The van der Waals surface area contributed by atoms with Crippen LogP contribution in [-0.4, -0.2) is 42.6 Å². The fourth-order valence-corrected chi connectivity index (χ4v) is 3.77. The van der Waals surface area contributed by atoms with Gasteiger partial charge >= 0.3 is 6.18 Å². The minimum absolute atomic E-state index is 0.0142. The SMILES string of the molecule is CN(C)CCC(Oc1ccc(F)c(C(N)=O)c1F)c1nc(C2=CCC(C(F)(F)F)C=C2)c(Br)o1. The Hall–Kier alpha value is -2.73. The third-order valence-electron chi connectivity index (χ3n) is 5.08. The van der Waals surface area contributed by atoms with Gasteiger partial charge in [-0.1, -0.05) is 18.2 Å². The quantitative estimate of drug-likeness (QED) is 0.445. The molecule has 0 aliphatic heterocycles. The Morgan fingerprint density at radius 1 is 1.35 bits per heavy atom. The van der Waals surface area contributed by atoms with Crippen LogP contribution in [0.15, 0.2) is 39.4 Å². The summed E-state index contributed by atoms with van der Waals surface area (Å²) in [5.41, 5.74) is 4.80. The topological polar surface area (TPSA) is 81.6 Å². The molecule has 1 amide bonds. The fourth-order valence-electron chi connectivity index (χ4n) is 3.28. The summed E-state index contributed by atoms with van der Waals surface area (Å²) in [5.74, 6) is -5.68. The second-order valence-corrected chi connectivity index (χ2v) is 8.59. The molecule has 184 valence electrons. The van der Waals surface area contributed by atoms with Crippen LogP contribution in [0.5, 0.6) is 5.75 Å². The van der Waals surface area contributed by atoms with E-state index >= 15 is 0 Å². The van der Waals surface area contributed by atoms with Gasteiger partial charge < -0.3 is 19.8 Å². The number of hydrogen-bond donors (Lipinski definition) is 1. The number of nitrogens with two attached hydrogens (primary N) is 1. The van der Waals surface area contributed by atoms with Crippen LogP contribution in [0, 0.1) is 17.6 Å². The molecule has 0 fully saturated rings. The lowest BCUT2D eigenvalue weighted by molar-refractivity contribution is -0.160. The molecule has 1 aliphatic carbocycles. The van der Waals surface area contributed by atoms with Crippen molar-refractivity contribution < 1.29 is 35.9 Å². The van der Waals surface area contributed by atoms with Gasteiger partial charge in [0.2, 0.25) is 5.89 Å². The van der Waals surface area contributed by atoms with Gasteiger partial charge in [0.05, 0.1) is 5.92 Å². The van der Waals surface area contributed by atoms with Gasteiger partial charge in [-0.05, 0) is 48.6 Å². The molecular weight excluding hydrogens is 529 g/mol. The highest BCUT2D eigenvalue weighted by Gasteiger charge is 2.38. The Morgan fingerprint density at radius 3 is 2.62 bits per heavy atom. The summed E-state index contributed by atoms with van der Waals surface area (Å²) in [6.07, 6.45) is -1.55. The molecule has 2 N–H and O–H groups in total. The molecule has 1 aromatic carbocycles. The smallest absolute Gasteiger partial charge is 0.395 e. The predicted molar refractivity (Wildman–Crippen MR) is 117 cm³/mol.